The molecule has 0 unspecified atom stereocenters. The Kier molecular flexibility index (Phi) is 10.3. The number of carbonyl (C=O) groups excluding carboxylic acids is 3. The van der Waals surface area contributed by atoms with Gasteiger partial charge < -0.3 is 9.53 Å². The number of nitriles is 1. The molecule has 0 atom stereocenters. The van der Waals surface area contributed by atoms with Crippen LogP contribution >= 0.6 is 0 Å². The van der Waals surface area contributed by atoms with Crippen molar-refractivity contribution >= 4 is 17.6 Å². The van der Waals surface area contributed by atoms with Crippen LogP contribution in [0.1, 0.15) is 64.9 Å². The van der Waals surface area contributed by atoms with Crippen LogP contribution in [0.15, 0.2) is 36.1 Å². The van der Waals surface area contributed by atoms with Crippen LogP contribution in [0.25, 0.3) is 0 Å². The number of Topliss-reactive ketones (excluding diaryl/α,β-unsaturated/α-hetero) is 1. The van der Waals surface area contributed by atoms with Crippen molar-refractivity contribution in [3.8, 4) is 11.8 Å². The van der Waals surface area contributed by atoms with Crippen molar-refractivity contribution in [1.29, 1.82) is 5.26 Å². The molecule has 1 aromatic rings. The summed E-state index contributed by atoms with van der Waals surface area (Å²) in [6, 6.07) is 8.34. The van der Waals surface area contributed by atoms with Crippen molar-refractivity contribution < 1.29 is 19.1 Å². The maximum atomic E-state index is 12.3. The molecule has 1 aliphatic heterocycles. The number of imide groups is 1. The number of ether oxygens (including phenoxy) is 1. The molecule has 28 heavy (non-hydrogen) atoms. The second kappa shape index (κ2) is 12.4. The highest BCUT2D eigenvalue weighted by atomic mass is 16.5. The summed E-state index contributed by atoms with van der Waals surface area (Å²) in [5.41, 5.74) is 0.491. The largest absolute Gasteiger partial charge is 0.451 e. The summed E-state index contributed by atoms with van der Waals surface area (Å²) in [5.74, 6) is -0.185. The lowest BCUT2D eigenvalue weighted by molar-refractivity contribution is -0.138. The molecule has 2 rings (SSSR count). The zero-order chi connectivity index (χ0) is 20.9. The van der Waals surface area contributed by atoms with Gasteiger partial charge in [-0.15, -0.1) is 0 Å². The first kappa shape index (κ1) is 23.1. The fourth-order valence-electron chi connectivity index (χ4n) is 2.67. The maximum Gasteiger partial charge on any atom is 0.296 e. The molecular formula is C22H28N2O4. The molecular weight excluding hydrogens is 356 g/mol. The van der Waals surface area contributed by atoms with Gasteiger partial charge in [-0.05, 0) is 44.0 Å². The van der Waals surface area contributed by atoms with Crippen molar-refractivity contribution in [2.45, 2.75) is 59.3 Å². The summed E-state index contributed by atoms with van der Waals surface area (Å²) in [5, 5.41) is 8.78. The summed E-state index contributed by atoms with van der Waals surface area (Å²) in [6.07, 6.45) is 6.30. The van der Waals surface area contributed by atoms with E-state index in [2.05, 4.69) is 0 Å². The lowest BCUT2D eigenvalue weighted by atomic mass is 10.1. The third-order valence-corrected chi connectivity index (χ3v) is 4.10. The fourth-order valence-corrected chi connectivity index (χ4v) is 2.67. The molecule has 0 saturated heterocycles. The Morgan fingerprint density at radius 1 is 1.04 bits per heavy atom. The summed E-state index contributed by atoms with van der Waals surface area (Å²) in [4.78, 5) is 36.3. The second-order valence-electron chi connectivity index (χ2n) is 6.26. The van der Waals surface area contributed by atoms with Gasteiger partial charge in [-0.2, -0.15) is 5.26 Å². The van der Waals surface area contributed by atoms with E-state index in [0.29, 0.717) is 24.3 Å². The van der Waals surface area contributed by atoms with Gasteiger partial charge in [-0.3, -0.25) is 14.5 Å². The minimum atomic E-state index is -0.434. The Labute approximate surface area is 166 Å². The number of nitrogens with zero attached hydrogens (tertiary/aromatic N) is 2. The molecule has 0 N–H and O–H groups in total. The molecule has 150 valence electrons. The van der Waals surface area contributed by atoms with E-state index in [1.54, 1.807) is 31.2 Å². The molecule has 1 aromatic carbocycles. The van der Waals surface area contributed by atoms with Gasteiger partial charge in [0.1, 0.15) is 11.5 Å². The van der Waals surface area contributed by atoms with Crippen LogP contribution in [0.3, 0.4) is 0 Å². The zero-order valence-electron chi connectivity index (χ0n) is 16.9. The van der Waals surface area contributed by atoms with E-state index in [4.69, 9.17) is 10.00 Å². The minimum absolute atomic E-state index is 0.00108. The van der Waals surface area contributed by atoms with Gasteiger partial charge >= 0.3 is 0 Å². The molecule has 6 nitrogen and oxygen atoms in total. The van der Waals surface area contributed by atoms with Crippen molar-refractivity contribution in [2.75, 3.05) is 6.54 Å². The Morgan fingerprint density at radius 2 is 1.64 bits per heavy atom. The van der Waals surface area contributed by atoms with Crippen molar-refractivity contribution in [3.05, 3.63) is 41.7 Å². The molecule has 0 aromatic heterocycles. The Morgan fingerprint density at radius 3 is 2.25 bits per heavy atom. The molecule has 1 aliphatic rings. The van der Waals surface area contributed by atoms with Gasteiger partial charge in [-0.25, -0.2) is 0 Å². The first-order valence-electron chi connectivity index (χ1n) is 9.76. The maximum absolute atomic E-state index is 12.3. The van der Waals surface area contributed by atoms with Crippen LogP contribution in [-0.4, -0.2) is 29.0 Å². The number of unbranched alkanes of at least 4 members (excludes halogenated alkanes) is 4. The standard InChI is InChI=1S/C20H22N2O4.C2H6/c1-15(23)7-5-3-2-4-6-12-22-19(24)13-18(20(22)25)26-17-10-8-16(14-21)9-11-17;1-2/h8-11,13H,2-7,12H2,1H3;1-2H3. The van der Waals surface area contributed by atoms with Gasteiger partial charge in [0.05, 0.1) is 17.7 Å². The molecule has 1 heterocycles. The Balaban J connectivity index is 0.00000190. The number of carbonyl (C=O) groups is 3. The predicted molar refractivity (Wildman–Crippen MR) is 106 cm³/mol. The van der Waals surface area contributed by atoms with E-state index in [9.17, 15) is 14.4 Å². The van der Waals surface area contributed by atoms with E-state index in [1.807, 2.05) is 19.9 Å². The molecule has 0 saturated carbocycles. The highest BCUT2D eigenvalue weighted by Crippen LogP contribution is 2.20. The third kappa shape index (κ3) is 7.36. The summed E-state index contributed by atoms with van der Waals surface area (Å²) in [6.45, 7) is 5.95. The first-order valence-corrected chi connectivity index (χ1v) is 9.76. The lowest BCUT2D eigenvalue weighted by Crippen LogP contribution is -2.32. The topological polar surface area (TPSA) is 87.5 Å². The monoisotopic (exact) mass is 384 g/mol. The van der Waals surface area contributed by atoms with Gasteiger partial charge in [0, 0.05) is 13.0 Å². The normalized spacial score (nSPS) is 12.8. The Bertz CT molecular complexity index is 745. The van der Waals surface area contributed by atoms with E-state index >= 15 is 0 Å². The molecule has 0 fully saturated rings. The number of ketones is 1. The van der Waals surface area contributed by atoms with E-state index < -0.39 is 5.91 Å². The van der Waals surface area contributed by atoms with Crippen LogP contribution in [0.2, 0.25) is 0 Å². The number of amides is 2. The number of hydrogen-bond acceptors (Lipinski definition) is 5. The number of rotatable bonds is 10. The highest BCUT2D eigenvalue weighted by Gasteiger charge is 2.32. The quantitative estimate of drug-likeness (QED) is 0.447. The minimum Gasteiger partial charge on any atom is -0.451 e. The molecule has 0 spiro atoms. The molecule has 0 aliphatic carbocycles. The second-order valence-corrected chi connectivity index (χ2v) is 6.26. The number of benzene rings is 1. The van der Waals surface area contributed by atoms with Crippen LogP contribution < -0.4 is 4.74 Å². The van der Waals surface area contributed by atoms with Crippen LogP contribution in [0, 0.1) is 11.3 Å². The van der Waals surface area contributed by atoms with E-state index in [1.165, 1.54) is 11.0 Å². The SMILES string of the molecule is CC.CC(=O)CCCCCCCN1C(=O)C=C(Oc2ccc(C#N)cc2)C1=O. The van der Waals surface area contributed by atoms with Crippen LogP contribution in [0.4, 0.5) is 0 Å². The molecule has 0 radical (unpaired) electrons. The van der Waals surface area contributed by atoms with Gasteiger partial charge in [-0.1, -0.05) is 33.1 Å². The van der Waals surface area contributed by atoms with E-state index in [-0.39, 0.29) is 17.4 Å². The van der Waals surface area contributed by atoms with Crippen molar-refractivity contribution in [3.63, 3.8) is 0 Å². The summed E-state index contributed by atoms with van der Waals surface area (Å²) < 4.78 is 5.48. The van der Waals surface area contributed by atoms with Crippen molar-refractivity contribution in [1.82, 2.24) is 4.90 Å². The van der Waals surface area contributed by atoms with Crippen LogP contribution in [-0.2, 0) is 14.4 Å². The van der Waals surface area contributed by atoms with Gasteiger partial charge in [0.15, 0.2) is 5.76 Å². The van der Waals surface area contributed by atoms with Crippen LogP contribution in [0.5, 0.6) is 5.75 Å². The Hall–Kier alpha value is -2.94. The molecule has 6 heteroatoms. The number of hydrogen-bond donors (Lipinski definition) is 0. The molecule has 2 amide bonds. The fraction of sp³-hybridized carbons (Fsp3) is 0.455. The molecule has 0 bridgehead atoms. The van der Waals surface area contributed by atoms with E-state index in [0.717, 1.165) is 32.1 Å². The van der Waals surface area contributed by atoms with Gasteiger partial charge in [0.2, 0.25) is 0 Å². The first-order chi connectivity index (χ1) is 13.5. The summed E-state index contributed by atoms with van der Waals surface area (Å²) >= 11 is 0. The van der Waals surface area contributed by atoms with Crippen molar-refractivity contribution in [2.24, 2.45) is 0 Å². The third-order valence-electron chi connectivity index (χ3n) is 4.10. The van der Waals surface area contributed by atoms with Gasteiger partial charge in [0.25, 0.3) is 11.8 Å². The average Bonchev–Trinajstić information content (AvgIpc) is 2.96. The highest BCUT2D eigenvalue weighted by molar-refractivity contribution is 6.15. The lowest BCUT2D eigenvalue weighted by Gasteiger charge is -2.14. The predicted octanol–water partition coefficient (Wildman–Crippen LogP) is 4.15. The summed E-state index contributed by atoms with van der Waals surface area (Å²) in [7, 11) is 0. The average molecular weight is 384 g/mol. The zero-order valence-corrected chi connectivity index (χ0v) is 16.9. The smallest absolute Gasteiger partial charge is 0.296 e.